The maximum Gasteiger partial charge on any atom is 0.318 e. The van der Waals surface area contributed by atoms with E-state index in [-0.39, 0.29) is 6.10 Å². The van der Waals surface area contributed by atoms with Crippen LogP contribution < -0.4 is 4.90 Å². The minimum absolute atomic E-state index is 0.280. The third kappa shape index (κ3) is 4.10. The molecule has 1 saturated heterocycles. The molecule has 5 heteroatoms. The summed E-state index contributed by atoms with van der Waals surface area (Å²) in [5.74, 6) is 1.05. The smallest absolute Gasteiger partial charge is 0.318 e. The van der Waals surface area contributed by atoms with Crippen LogP contribution in [0, 0.1) is 5.92 Å². The molecule has 0 bridgehead atoms. The van der Waals surface area contributed by atoms with Crippen molar-refractivity contribution in [3.05, 3.63) is 41.8 Å². The van der Waals surface area contributed by atoms with Gasteiger partial charge < -0.3 is 14.4 Å². The normalized spacial score (nSPS) is 17.4. The molecule has 1 aliphatic rings. The van der Waals surface area contributed by atoms with Crippen LogP contribution in [0.15, 0.2) is 34.7 Å². The molecule has 1 aliphatic heterocycles. The first-order chi connectivity index (χ1) is 11.3. The predicted molar refractivity (Wildman–Crippen MR) is 89.4 cm³/mol. The van der Waals surface area contributed by atoms with Gasteiger partial charge in [0.25, 0.3) is 0 Å². The molecule has 1 N–H and O–H groups in total. The van der Waals surface area contributed by atoms with Crippen molar-refractivity contribution >= 4 is 6.01 Å². The van der Waals surface area contributed by atoms with Crippen molar-refractivity contribution in [1.82, 2.24) is 10.2 Å². The fourth-order valence-electron chi connectivity index (χ4n) is 3.19. The summed E-state index contributed by atoms with van der Waals surface area (Å²) in [6.07, 6.45) is 4.21. The molecule has 0 radical (unpaired) electrons. The zero-order chi connectivity index (χ0) is 16.1. The van der Waals surface area contributed by atoms with Crippen molar-refractivity contribution in [3.8, 4) is 0 Å². The summed E-state index contributed by atoms with van der Waals surface area (Å²) in [6, 6.07) is 10.8. The van der Waals surface area contributed by atoms with Gasteiger partial charge in [-0.3, -0.25) is 0 Å². The second-order valence-electron chi connectivity index (χ2n) is 6.31. The van der Waals surface area contributed by atoms with Crippen molar-refractivity contribution < 1.29 is 9.52 Å². The van der Waals surface area contributed by atoms with E-state index in [1.807, 2.05) is 18.2 Å². The number of hydrogen-bond donors (Lipinski definition) is 1. The molecule has 2 aromatic rings. The molecule has 0 saturated carbocycles. The summed E-state index contributed by atoms with van der Waals surface area (Å²) in [5, 5.41) is 18.7. The third-order valence-corrected chi connectivity index (χ3v) is 4.56. The van der Waals surface area contributed by atoms with E-state index >= 15 is 0 Å². The summed E-state index contributed by atoms with van der Waals surface area (Å²) in [7, 11) is 0. The number of hydrogen-bond acceptors (Lipinski definition) is 5. The summed E-state index contributed by atoms with van der Waals surface area (Å²) in [6.45, 7) is 3.83. The van der Waals surface area contributed by atoms with E-state index in [0.29, 0.717) is 17.8 Å². The van der Waals surface area contributed by atoms with Gasteiger partial charge in [0.1, 0.15) is 0 Å². The maximum absolute atomic E-state index is 10.5. The molecule has 1 fully saturated rings. The average molecular weight is 315 g/mol. The van der Waals surface area contributed by atoms with Crippen molar-refractivity contribution in [2.75, 3.05) is 18.0 Å². The summed E-state index contributed by atoms with van der Waals surface area (Å²) < 4.78 is 5.70. The highest BCUT2D eigenvalue weighted by Crippen LogP contribution is 2.26. The first-order valence-corrected chi connectivity index (χ1v) is 8.55. The van der Waals surface area contributed by atoms with Crippen LogP contribution >= 0.6 is 0 Å². The van der Waals surface area contributed by atoms with E-state index in [1.54, 1.807) is 0 Å². The number of aromatic nitrogens is 2. The Bertz CT molecular complexity index is 591. The topological polar surface area (TPSA) is 62.4 Å². The largest absolute Gasteiger partial charge is 0.408 e. The van der Waals surface area contributed by atoms with Crippen LogP contribution in [0.5, 0.6) is 0 Å². The van der Waals surface area contributed by atoms with Crippen LogP contribution in [0.1, 0.15) is 37.6 Å². The molecule has 1 aromatic heterocycles. The van der Waals surface area contributed by atoms with Crippen molar-refractivity contribution in [2.45, 2.75) is 45.1 Å². The molecule has 5 nitrogen and oxygen atoms in total. The van der Waals surface area contributed by atoms with Gasteiger partial charge in [-0.2, -0.15) is 0 Å². The second-order valence-corrected chi connectivity index (χ2v) is 6.31. The van der Waals surface area contributed by atoms with Crippen molar-refractivity contribution in [1.29, 1.82) is 0 Å². The number of aryl methyl sites for hydroxylation is 1. The Balaban J connectivity index is 1.51. The van der Waals surface area contributed by atoms with Crippen LogP contribution in [-0.2, 0) is 12.8 Å². The first kappa shape index (κ1) is 16.0. The van der Waals surface area contributed by atoms with Gasteiger partial charge in [-0.1, -0.05) is 42.4 Å². The molecule has 0 spiro atoms. The van der Waals surface area contributed by atoms with Gasteiger partial charge >= 0.3 is 6.01 Å². The molecule has 1 atom stereocenters. The van der Waals surface area contributed by atoms with Gasteiger partial charge in [0.15, 0.2) is 0 Å². The Kier molecular flexibility index (Phi) is 5.28. The van der Waals surface area contributed by atoms with Gasteiger partial charge in [-0.15, -0.1) is 5.10 Å². The fraction of sp³-hybridized carbons (Fsp3) is 0.556. The highest BCUT2D eigenvalue weighted by atomic mass is 16.4. The molecular formula is C18H25N3O2. The number of anilines is 1. The zero-order valence-corrected chi connectivity index (χ0v) is 13.7. The van der Waals surface area contributed by atoms with Crippen LogP contribution in [-0.4, -0.2) is 34.5 Å². The SMILES string of the molecule is CCCc1nnc(N2CCC([C@H](O)Cc3ccccc3)CC2)o1. The van der Waals surface area contributed by atoms with Crippen LogP contribution in [0.2, 0.25) is 0 Å². The minimum Gasteiger partial charge on any atom is -0.408 e. The highest BCUT2D eigenvalue weighted by molar-refractivity contribution is 5.25. The lowest BCUT2D eigenvalue weighted by atomic mass is 9.88. The Morgan fingerprint density at radius 2 is 1.96 bits per heavy atom. The maximum atomic E-state index is 10.5. The van der Waals surface area contributed by atoms with E-state index < -0.39 is 0 Å². The number of benzene rings is 1. The molecule has 1 aromatic carbocycles. The number of aliphatic hydroxyl groups excluding tert-OH is 1. The lowest BCUT2D eigenvalue weighted by molar-refractivity contribution is 0.0923. The molecule has 0 amide bonds. The van der Waals surface area contributed by atoms with Crippen LogP contribution in [0.4, 0.5) is 6.01 Å². The molecule has 23 heavy (non-hydrogen) atoms. The Hall–Kier alpha value is -1.88. The third-order valence-electron chi connectivity index (χ3n) is 4.56. The molecule has 3 rings (SSSR count). The van der Waals surface area contributed by atoms with E-state index in [2.05, 4.69) is 34.2 Å². The van der Waals surface area contributed by atoms with E-state index in [1.165, 1.54) is 5.56 Å². The Labute approximate surface area is 137 Å². The number of nitrogens with zero attached hydrogens (tertiary/aromatic N) is 3. The minimum atomic E-state index is -0.280. The lowest BCUT2D eigenvalue weighted by Gasteiger charge is -2.33. The van der Waals surface area contributed by atoms with Gasteiger partial charge in [0.2, 0.25) is 5.89 Å². The second kappa shape index (κ2) is 7.59. The molecule has 124 valence electrons. The molecule has 0 aliphatic carbocycles. The fourth-order valence-corrected chi connectivity index (χ4v) is 3.19. The van der Waals surface area contributed by atoms with Gasteiger partial charge in [-0.05, 0) is 37.2 Å². The standard InChI is InChI=1S/C18H25N3O2/c1-2-6-17-19-20-18(23-17)21-11-9-15(10-12-21)16(22)13-14-7-4-3-5-8-14/h3-5,7-8,15-16,22H,2,6,9-13H2,1H3/t16-/m1/s1. The van der Waals surface area contributed by atoms with E-state index in [0.717, 1.165) is 45.2 Å². The lowest BCUT2D eigenvalue weighted by Crippen LogP contribution is -2.38. The quantitative estimate of drug-likeness (QED) is 0.888. The first-order valence-electron chi connectivity index (χ1n) is 8.55. The molecular weight excluding hydrogens is 290 g/mol. The van der Waals surface area contributed by atoms with Gasteiger partial charge in [-0.25, -0.2) is 0 Å². The average Bonchev–Trinajstić information content (AvgIpc) is 3.05. The predicted octanol–water partition coefficient (Wildman–Crippen LogP) is 2.84. The van der Waals surface area contributed by atoms with Gasteiger partial charge in [0.05, 0.1) is 6.10 Å². The Morgan fingerprint density at radius 3 is 2.65 bits per heavy atom. The molecule has 0 unspecified atom stereocenters. The monoisotopic (exact) mass is 315 g/mol. The zero-order valence-electron chi connectivity index (χ0n) is 13.7. The Morgan fingerprint density at radius 1 is 1.22 bits per heavy atom. The molecule has 2 heterocycles. The van der Waals surface area contributed by atoms with Crippen LogP contribution in [0.25, 0.3) is 0 Å². The van der Waals surface area contributed by atoms with E-state index in [9.17, 15) is 5.11 Å². The number of aliphatic hydroxyl groups is 1. The van der Waals surface area contributed by atoms with E-state index in [4.69, 9.17) is 4.42 Å². The number of rotatable bonds is 6. The van der Waals surface area contributed by atoms with Crippen molar-refractivity contribution in [3.63, 3.8) is 0 Å². The van der Waals surface area contributed by atoms with Gasteiger partial charge in [0, 0.05) is 19.5 Å². The van der Waals surface area contributed by atoms with Crippen LogP contribution in [0.3, 0.4) is 0 Å². The summed E-state index contributed by atoms with van der Waals surface area (Å²) in [5.41, 5.74) is 1.20. The highest BCUT2D eigenvalue weighted by Gasteiger charge is 2.27. The summed E-state index contributed by atoms with van der Waals surface area (Å²) >= 11 is 0. The number of piperidine rings is 1. The van der Waals surface area contributed by atoms with Crippen molar-refractivity contribution in [2.24, 2.45) is 5.92 Å². The summed E-state index contributed by atoms with van der Waals surface area (Å²) in [4.78, 5) is 2.14.